The smallest absolute Gasteiger partial charge is 0.295 e. The number of methoxy groups -OCH3 is 1. The fourth-order valence-corrected chi connectivity index (χ4v) is 3.65. The molecule has 2 aromatic rings. The lowest BCUT2D eigenvalue weighted by Crippen LogP contribution is -2.32. The van der Waals surface area contributed by atoms with Gasteiger partial charge in [0.05, 0.1) is 18.2 Å². The maximum absolute atomic E-state index is 12.9. The second kappa shape index (κ2) is 8.08. The number of hydrogen-bond donors (Lipinski definition) is 2. The summed E-state index contributed by atoms with van der Waals surface area (Å²) >= 11 is 0. The molecule has 0 aromatic heterocycles. The van der Waals surface area contributed by atoms with E-state index < -0.39 is 17.7 Å². The molecule has 2 heterocycles. The van der Waals surface area contributed by atoms with Crippen molar-refractivity contribution in [3.05, 3.63) is 59.2 Å². The predicted molar refractivity (Wildman–Crippen MR) is 106 cm³/mol. The van der Waals surface area contributed by atoms with Gasteiger partial charge in [-0.15, -0.1) is 0 Å². The zero-order valence-corrected chi connectivity index (χ0v) is 16.3. The number of aromatic hydroxyl groups is 1. The zero-order valence-electron chi connectivity index (χ0n) is 16.3. The van der Waals surface area contributed by atoms with E-state index in [0.29, 0.717) is 35.8 Å². The van der Waals surface area contributed by atoms with E-state index in [4.69, 9.17) is 14.2 Å². The van der Waals surface area contributed by atoms with Crippen molar-refractivity contribution in [1.82, 2.24) is 4.90 Å². The van der Waals surface area contributed by atoms with Crippen molar-refractivity contribution in [2.75, 3.05) is 33.5 Å². The fraction of sp³-hybridized carbons (Fsp3) is 0.273. The minimum Gasteiger partial charge on any atom is -0.508 e. The number of aliphatic hydroxyl groups is 1. The summed E-state index contributed by atoms with van der Waals surface area (Å²) in [5.74, 6) is -0.739. The highest BCUT2D eigenvalue weighted by atomic mass is 16.6. The van der Waals surface area contributed by atoms with Crippen LogP contribution in [0.25, 0.3) is 5.76 Å². The van der Waals surface area contributed by atoms with E-state index in [1.54, 1.807) is 30.3 Å². The lowest BCUT2D eigenvalue weighted by molar-refractivity contribution is -0.140. The number of fused-ring (bicyclic) bond motifs is 1. The molecule has 0 aliphatic carbocycles. The summed E-state index contributed by atoms with van der Waals surface area (Å²) in [6.45, 7) is 1.21. The fourth-order valence-electron chi connectivity index (χ4n) is 3.65. The lowest BCUT2D eigenvalue weighted by atomic mass is 9.95. The SMILES string of the molecule is COCCN1C(=O)C(=O)/C(=C(\O)c2ccc3c(c2)OCCO3)C1c1ccc(O)cc1. The van der Waals surface area contributed by atoms with Gasteiger partial charge in [0.25, 0.3) is 11.7 Å². The van der Waals surface area contributed by atoms with E-state index in [-0.39, 0.29) is 30.2 Å². The van der Waals surface area contributed by atoms with Crippen molar-refractivity contribution >= 4 is 17.4 Å². The molecule has 1 saturated heterocycles. The van der Waals surface area contributed by atoms with Crippen molar-refractivity contribution in [1.29, 1.82) is 0 Å². The number of ketones is 1. The summed E-state index contributed by atoms with van der Waals surface area (Å²) in [7, 11) is 1.50. The van der Waals surface area contributed by atoms with Gasteiger partial charge < -0.3 is 29.3 Å². The van der Waals surface area contributed by atoms with Crippen molar-refractivity contribution in [3.8, 4) is 17.2 Å². The number of carbonyl (C=O) groups excluding carboxylic acids is 2. The molecule has 0 radical (unpaired) electrons. The Bertz CT molecular complexity index is 1010. The Morgan fingerprint density at radius 2 is 1.80 bits per heavy atom. The summed E-state index contributed by atoms with van der Waals surface area (Å²) in [5.41, 5.74) is 0.897. The van der Waals surface area contributed by atoms with Gasteiger partial charge in [0, 0.05) is 19.2 Å². The molecule has 30 heavy (non-hydrogen) atoms. The largest absolute Gasteiger partial charge is 0.508 e. The molecule has 2 aliphatic rings. The second-order valence-electron chi connectivity index (χ2n) is 6.94. The van der Waals surface area contributed by atoms with E-state index in [1.807, 2.05) is 0 Å². The van der Waals surface area contributed by atoms with Gasteiger partial charge >= 0.3 is 0 Å². The first-order valence-electron chi connectivity index (χ1n) is 9.47. The molecule has 8 heteroatoms. The van der Waals surface area contributed by atoms with E-state index in [1.165, 1.54) is 24.1 Å². The third-order valence-corrected chi connectivity index (χ3v) is 5.10. The number of amides is 1. The van der Waals surface area contributed by atoms with Gasteiger partial charge in [-0.2, -0.15) is 0 Å². The number of phenolic OH excluding ortho intramolecular Hbond substituents is 1. The molecular weight excluding hydrogens is 390 g/mol. The first kappa shape index (κ1) is 19.8. The van der Waals surface area contributed by atoms with Gasteiger partial charge in [-0.3, -0.25) is 9.59 Å². The average molecular weight is 411 g/mol. The van der Waals surface area contributed by atoms with Gasteiger partial charge in [0.1, 0.15) is 24.7 Å². The number of aliphatic hydroxyl groups excluding tert-OH is 1. The summed E-state index contributed by atoms with van der Waals surface area (Å²) < 4.78 is 16.1. The molecular formula is C22H21NO7. The summed E-state index contributed by atoms with van der Waals surface area (Å²) in [4.78, 5) is 27.0. The van der Waals surface area contributed by atoms with Gasteiger partial charge in [-0.1, -0.05) is 12.1 Å². The molecule has 1 unspecified atom stereocenters. The standard InChI is InChI=1S/C22H21NO7/c1-28-9-8-23-19(13-2-5-15(24)6-3-13)18(21(26)22(23)27)20(25)14-4-7-16-17(12-14)30-11-10-29-16/h2-7,12,19,24-25H,8-11H2,1H3/b20-18-. The molecule has 2 N–H and O–H groups in total. The van der Waals surface area contributed by atoms with Crippen LogP contribution in [0.1, 0.15) is 17.2 Å². The Kier molecular flexibility index (Phi) is 5.33. The monoisotopic (exact) mass is 411 g/mol. The Morgan fingerprint density at radius 1 is 1.10 bits per heavy atom. The number of phenols is 1. The normalized spacial score (nSPS) is 19.9. The molecule has 2 aromatic carbocycles. The van der Waals surface area contributed by atoms with Crippen molar-refractivity contribution in [2.24, 2.45) is 0 Å². The number of carbonyl (C=O) groups is 2. The molecule has 8 nitrogen and oxygen atoms in total. The Labute approximate surface area is 172 Å². The molecule has 0 bridgehead atoms. The number of rotatable bonds is 5. The molecule has 4 rings (SSSR count). The van der Waals surface area contributed by atoms with E-state index in [0.717, 1.165) is 0 Å². The van der Waals surface area contributed by atoms with Gasteiger partial charge in [0.2, 0.25) is 0 Å². The van der Waals surface area contributed by atoms with E-state index in [2.05, 4.69) is 0 Å². The Balaban J connectivity index is 1.82. The average Bonchev–Trinajstić information content (AvgIpc) is 3.02. The van der Waals surface area contributed by atoms with E-state index in [9.17, 15) is 19.8 Å². The van der Waals surface area contributed by atoms with Crippen LogP contribution in [0.15, 0.2) is 48.0 Å². The minimum absolute atomic E-state index is 0.0292. The quantitative estimate of drug-likeness (QED) is 0.442. The van der Waals surface area contributed by atoms with Gasteiger partial charge in [-0.05, 0) is 35.9 Å². The van der Waals surface area contributed by atoms with Crippen LogP contribution in [0, 0.1) is 0 Å². The number of ether oxygens (including phenoxy) is 3. The van der Waals surface area contributed by atoms with Crippen LogP contribution in [-0.4, -0.2) is 60.3 Å². The summed E-state index contributed by atoms with van der Waals surface area (Å²) in [6, 6.07) is 10.2. The van der Waals surface area contributed by atoms with Crippen molar-refractivity contribution in [3.63, 3.8) is 0 Å². The zero-order chi connectivity index (χ0) is 21.3. The highest BCUT2D eigenvalue weighted by molar-refractivity contribution is 6.46. The summed E-state index contributed by atoms with van der Waals surface area (Å²) in [6.07, 6.45) is 0. The van der Waals surface area contributed by atoms with Crippen molar-refractivity contribution < 1.29 is 34.0 Å². The van der Waals surface area contributed by atoms with Crippen LogP contribution in [-0.2, 0) is 14.3 Å². The van der Waals surface area contributed by atoms with Gasteiger partial charge in [0.15, 0.2) is 11.5 Å². The number of likely N-dealkylation sites (tertiary alicyclic amines) is 1. The predicted octanol–water partition coefficient (Wildman–Crippen LogP) is 2.23. The number of nitrogens with zero attached hydrogens (tertiary/aromatic N) is 1. The summed E-state index contributed by atoms with van der Waals surface area (Å²) in [5, 5.41) is 20.7. The maximum atomic E-state index is 12.9. The number of benzene rings is 2. The highest BCUT2D eigenvalue weighted by Crippen LogP contribution is 2.41. The third kappa shape index (κ3) is 3.46. The molecule has 0 saturated carbocycles. The third-order valence-electron chi connectivity index (χ3n) is 5.10. The van der Waals surface area contributed by atoms with Crippen LogP contribution in [0.4, 0.5) is 0 Å². The highest BCUT2D eigenvalue weighted by Gasteiger charge is 2.45. The van der Waals surface area contributed by atoms with Crippen molar-refractivity contribution in [2.45, 2.75) is 6.04 Å². The molecule has 1 atom stereocenters. The topological polar surface area (TPSA) is 106 Å². The minimum atomic E-state index is -0.811. The molecule has 156 valence electrons. The van der Waals surface area contributed by atoms with Crippen LogP contribution in [0.2, 0.25) is 0 Å². The van der Waals surface area contributed by atoms with E-state index >= 15 is 0 Å². The molecule has 1 amide bonds. The lowest BCUT2D eigenvalue weighted by Gasteiger charge is -2.25. The number of Topliss-reactive ketones (excluding diaryl/α,β-unsaturated/α-hetero) is 1. The van der Waals surface area contributed by atoms with Crippen LogP contribution >= 0.6 is 0 Å². The van der Waals surface area contributed by atoms with Crippen LogP contribution < -0.4 is 9.47 Å². The Hall–Kier alpha value is -3.52. The number of hydrogen-bond acceptors (Lipinski definition) is 7. The first-order valence-corrected chi connectivity index (χ1v) is 9.47. The molecule has 1 fully saturated rings. The molecule has 0 spiro atoms. The van der Waals surface area contributed by atoms with Crippen LogP contribution in [0.5, 0.6) is 17.2 Å². The Morgan fingerprint density at radius 3 is 2.50 bits per heavy atom. The second-order valence-corrected chi connectivity index (χ2v) is 6.94. The maximum Gasteiger partial charge on any atom is 0.295 e. The van der Waals surface area contributed by atoms with Gasteiger partial charge in [-0.25, -0.2) is 0 Å². The molecule has 2 aliphatic heterocycles. The first-order chi connectivity index (χ1) is 14.5. The van der Waals surface area contributed by atoms with Crippen LogP contribution in [0.3, 0.4) is 0 Å².